The first kappa shape index (κ1) is 17.2. The van der Waals surface area contributed by atoms with E-state index in [-0.39, 0.29) is 23.4 Å². The van der Waals surface area contributed by atoms with Crippen molar-refractivity contribution in [1.82, 2.24) is 0 Å². The molecule has 1 saturated carbocycles. The first-order valence-electron chi connectivity index (χ1n) is 8.81. The van der Waals surface area contributed by atoms with E-state index in [2.05, 4.69) is 0 Å². The predicted octanol–water partition coefficient (Wildman–Crippen LogP) is 3.92. The van der Waals surface area contributed by atoms with Gasteiger partial charge >= 0.3 is 0 Å². The van der Waals surface area contributed by atoms with Crippen molar-refractivity contribution in [3.8, 4) is 0 Å². The number of aliphatic hydroxyl groups is 1. The van der Waals surface area contributed by atoms with Crippen molar-refractivity contribution in [2.45, 2.75) is 45.4 Å². The van der Waals surface area contributed by atoms with Crippen molar-refractivity contribution in [3.63, 3.8) is 0 Å². The molecule has 0 amide bonds. The van der Waals surface area contributed by atoms with Crippen LogP contribution in [0.4, 0.5) is 4.39 Å². The van der Waals surface area contributed by atoms with Crippen LogP contribution in [0.1, 0.15) is 43.2 Å². The molecule has 0 aromatic heterocycles. The van der Waals surface area contributed by atoms with Gasteiger partial charge in [0.2, 0.25) is 0 Å². The van der Waals surface area contributed by atoms with Crippen LogP contribution in [-0.4, -0.2) is 17.7 Å². The van der Waals surface area contributed by atoms with Crippen LogP contribution in [0, 0.1) is 30.5 Å². The van der Waals surface area contributed by atoms with Crippen molar-refractivity contribution in [3.05, 3.63) is 47.0 Å². The minimum Gasteiger partial charge on any atom is -0.472 e. The summed E-state index contributed by atoms with van der Waals surface area (Å²) in [5.41, 5.74) is 1.60. The highest BCUT2D eigenvalue weighted by atomic mass is 19.1. The van der Waals surface area contributed by atoms with Gasteiger partial charge in [-0.15, -0.1) is 0 Å². The summed E-state index contributed by atoms with van der Waals surface area (Å²) in [6.45, 7) is 1.44. The lowest BCUT2D eigenvalue weighted by Crippen LogP contribution is -2.26. The number of hydrogen-bond donors (Lipinski definition) is 1. The van der Waals surface area contributed by atoms with Crippen molar-refractivity contribution >= 4 is 5.78 Å². The van der Waals surface area contributed by atoms with Crippen molar-refractivity contribution < 1.29 is 19.0 Å². The van der Waals surface area contributed by atoms with Gasteiger partial charge in [-0.1, -0.05) is 25.0 Å². The van der Waals surface area contributed by atoms with Crippen LogP contribution in [0.2, 0.25) is 0 Å². The first-order valence-corrected chi connectivity index (χ1v) is 8.81. The van der Waals surface area contributed by atoms with E-state index in [4.69, 9.17) is 9.84 Å². The molecule has 0 radical (unpaired) electrons. The zero-order valence-corrected chi connectivity index (χ0v) is 14.1. The van der Waals surface area contributed by atoms with Gasteiger partial charge in [-0.05, 0) is 55.7 Å². The van der Waals surface area contributed by atoms with Gasteiger partial charge in [-0.2, -0.15) is 0 Å². The van der Waals surface area contributed by atoms with Gasteiger partial charge in [0, 0.05) is 17.9 Å². The maximum absolute atomic E-state index is 14.0. The molecule has 0 heterocycles. The molecule has 1 unspecified atom stereocenters. The Balaban J connectivity index is 1.68. The Morgan fingerprint density at radius 1 is 1.29 bits per heavy atom. The smallest absolute Gasteiger partial charge is 0.185 e. The normalized spacial score (nSPS) is 24.0. The molecule has 1 N–H and O–H groups in total. The lowest BCUT2D eigenvalue weighted by Gasteiger charge is -2.28. The van der Waals surface area contributed by atoms with Crippen LogP contribution in [0.3, 0.4) is 0 Å². The molecule has 130 valence electrons. The van der Waals surface area contributed by atoms with Crippen LogP contribution in [0.5, 0.6) is 0 Å². The second-order valence-electron chi connectivity index (χ2n) is 7.16. The van der Waals surface area contributed by atoms with Crippen LogP contribution < -0.4 is 0 Å². The van der Waals surface area contributed by atoms with E-state index < -0.39 is 6.79 Å². The molecule has 1 aromatic carbocycles. The molecule has 4 heteroatoms. The van der Waals surface area contributed by atoms with E-state index in [0.29, 0.717) is 23.7 Å². The van der Waals surface area contributed by atoms with E-state index in [9.17, 15) is 9.18 Å². The van der Waals surface area contributed by atoms with Crippen LogP contribution in [-0.2, 0) is 16.0 Å². The highest BCUT2D eigenvalue weighted by Gasteiger charge is 2.35. The summed E-state index contributed by atoms with van der Waals surface area (Å²) in [5, 5.41) is 9.07. The Morgan fingerprint density at radius 2 is 2.08 bits per heavy atom. The number of carbonyl (C=O) groups excluding carboxylic acids is 1. The average Bonchev–Trinajstić information content (AvgIpc) is 3.34. The monoisotopic (exact) mass is 332 g/mol. The third-order valence-corrected chi connectivity index (χ3v) is 5.17. The summed E-state index contributed by atoms with van der Waals surface area (Å²) >= 11 is 0. The van der Waals surface area contributed by atoms with E-state index in [0.717, 1.165) is 24.8 Å². The van der Waals surface area contributed by atoms with Gasteiger partial charge in [0.05, 0.1) is 0 Å². The fourth-order valence-electron chi connectivity index (χ4n) is 3.60. The number of ketones is 1. The Hall–Kier alpha value is -1.68. The number of aliphatic hydroxyl groups excluding tert-OH is 1. The standard InChI is InChI=1S/C20H25FO3/c1-13-2-5-15(18(21)8-13)6-7-16-10-17(9-14-3-4-14)19(23)11-20(16)24-12-22/h2,5,8,11,14,16-17,22H,3-4,6-7,9-10,12H2,1H3/t16?,17-/m0/s1. The molecule has 0 saturated heterocycles. The highest BCUT2D eigenvalue weighted by Crippen LogP contribution is 2.41. The third-order valence-electron chi connectivity index (χ3n) is 5.17. The summed E-state index contributed by atoms with van der Waals surface area (Å²) in [7, 11) is 0. The zero-order chi connectivity index (χ0) is 17.1. The third kappa shape index (κ3) is 4.23. The van der Waals surface area contributed by atoms with E-state index in [1.807, 2.05) is 19.1 Å². The molecule has 1 fully saturated rings. The summed E-state index contributed by atoms with van der Waals surface area (Å²) < 4.78 is 19.3. The molecule has 0 spiro atoms. The molecule has 1 aromatic rings. The molecule has 0 bridgehead atoms. The minimum absolute atomic E-state index is 0.0522. The predicted molar refractivity (Wildman–Crippen MR) is 89.7 cm³/mol. The van der Waals surface area contributed by atoms with Gasteiger partial charge < -0.3 is 9.84 Å². The Bertz CT molecular complexity index is 634. The van der Waals surface area contributed by atoms with Crippen LogP contribution in [0.15, 0.2) is 30.0 Å². The van der Waals surface area contributed by atoms with Gasteiger partial charge in [0.15, 0.2) is 12.6 Å². The van der Waals surface area contributed by atoms with Crippen molar-refractivity contribution in [1.29, 1.82) is 0 Å². The first-order chi connectivity index (χ1) is 11.6. The molecule has 3 rings (SSSR count). The second kappa shape index (κ2) is 7.47. The molecule has 0 aliphatic heterocycles. The van der Waals surface area contributed by atoms with Gasteiger partial charge in [0.25, 0.3) is 0 Å². The highest BCUT2D eigenvalue weighted by molar-refractivity contribution is 5.93. The van der Waals surface area contributed by atoms with Crippen LogP contribution >= 0.6 is 0 Å². The number of carbonyl (C=O) groups is 1. The number of benzene rings is 1. The number of hydrogen-bond acceptors (Lipinski definition) is 3. The Kier molecular flexibility index (Phi) is 5.34. The quantitative estimate of drug-likeness (QED) is 0.770. The molecule has 2 atom stereocenters. The number of allylic oxidation sites excluding steroid dienone is 2. The Morgan fingerprint density at radius 3 is 2.75 bits per heavy atom. The second-order valence-corrected chi connectivity index (χ2v) is 7.16. The number of rotatable bonds is 7. The molecule has 2 aliphatic carbocycles. The van der Waals surface area contributed by atoms with Gasteiger partial charge in [0.1, 0.15) is 11.6 Å². The lowest BCUT2D eigenvalue weighted by molar-refractivity contribution is -0.120. The van der Waals surface area contributed by atoms with E-state index in [1.165, 1.54) is 12.8 Å². The SMILES string of the molecule is Cc1ccc(CCC2C[C@H](CC3CC3)C(=O)C=C2OCO)c(F)c1. The molecular formula is C20H25FO3. The zero-order valence-electron chi connectivity index (χ0n) is 14.1. The summed E-state index contributed by atoms with van der Waals surface area (Å²) in [6, 6.07) is 5.30. The lowest BCUT2D eigenvalue weighted by atomic mass is 9.79. The number of halogens is 1. The number of aryl methyl sites for hydroxylation is 2. The maximum atomic E-state index is 14.0. The molecule has 3 nitrogen and oxygen atoms in total. The fraction of sp³-hybridized carbons (Fsp3) is 0.550. The van der Waals surface area contributed by atoms with Crippen LogP contribution in [0.25, 0.3) is 0 Å². The minimum atomic E-state index is -0.429. The van der Waals surface area contributed by atoms with Gasteiger partial charge in [-0.3, -0.25) is 4.79 Å². The average molecular weight is 332 g/mol. The topological polar surface area (TPSA) is 46.5 Å². The van der Waals surface area contributed by atoms with Gasteiger partial charge in [-0.25, -0.2) is 4.39 Å². The van der Waals surface area contributed by atoms with E-state index in [1.54, 1.807) is 12.1 Å². The fourth-order valence-corrected chi connectivity index (χ4v) is 3.60. The van der Waals surface area contributed by atoms with E-state index >= 15 is 0 Å². The summed E-state index contributed by atoms with van der Waals surface area (Å²) in [5.74, 6) is 1.31. The molecule has 2 aliphatic rings. The van der Waals surface area contributed by atoms with Crippen molar-refractivity contribution in [2.75, 3.05) is 6.79 Å². The molecule has 24 heavy (non-hydrogen) atoms. The summed E-state index contributed by atoms with van der Waals surface area (Å²) in [6.07, 6.45) is 7.04. The molecular weight excluding hydrogens is 307 g/mol. The summed E-state index contributed by atoms with van der Waals surface area (Å²) in [4.78, 5) is 12.3. The largest absolute Gasteiger partial charge is 0.472 e. The number of ether oxygens (including phenoxy) is 1. The van der Waals surface area contributed by atoms with Crippen molar-refractivity contribution in [2.24, 2.45) is 17.8 Å². The maximum Gasteiger partial charge on any atom is 0.185 e. The Labute approximate surface area is 142 Å².